The second kappa shape index (κ2) is 7.07. The minimum atomic E-state index is -3.00. The van der Waals surface area contributed by atoms with E-state index in [-0.39, 0.29) is 11.2 Å². The highest BCUT2D eigenvalue weighted by atomic mass is 32.2. The molecule has 0 spiro atoms. The lowest BCUT2D eigenvalue weighted by Crippen LogP contribution is -2.33. The molecule has 0 saturated heterocycles. The molecule has 0 aromatic rings. The molecule has 0 saturated carbocycles. The highest BCUT2D eigenvalue weighted by Gasteiger charge is 2.30. The molecule has 116 valence electrons. The van der Waals surface area contributed by atoms with E-state index in [0.29, 0.717) is 5.92 Å². The first-order chi connectivity index (χ1) is 8.37. The Morgan fingerprint density at radius 2 is 1.53 bits per heavy atom. The Hall–Kier alpha value is -0.0900. The first-order valence-electron chi connectivity index (χ1n) is 7.30. The van der Waals surface area contributed by atoms with Gasteiger partial charge in [0.25, 0.3) is 0 Å². The molecule has 0 unspecified atom stereocenters. The summed E-state index contributed by atoms with van der Waals surface area (Å²) in [4.78, 5) is 0. The Labute approximate surface area is 120 Å². The van der Waals surface area contributed by atoms with E-state index in [4.69, 9.17) is 0 Å². The van der Waals surface area contributed by atoms with Gasteiger partial charge in [0, 0.05) is 0 Å². The first-order valence-corrected chi connectivity index (χ1v) is 8.96. The normalized spacial score (nSPS) is 14.1. The van der Waals surface area contributed by atoms with Gasteiger partial charge in [0.05, 0.1) is 10.5 Å². The van der Waals surface area contributed by atoms with E-state index < -0.39 is 14.6 Å². The fourth-order valence-corrected chi connectivity index (χ4v) is 3.09. The van der Waals surface area contributed by atoms with E-state index >= 15 is 0 Å². The summed E-state index contributed by atoms with van der Waals surface area (Å²) in [5.74, 6) is 0.942. The lowest BCUT2D eigenvalue weighted by molar-refractivity contribution is 0.313. The van der Waals surface area contributed by atoms with E-state index in [2.05, 4.69) is 33.0 Å². The molecule has 1 N–H and O–H groups in total. The minimum Gasteiger partial charge on any atom is -0.316 e. The van der Waals surface area contributed by atoms with Crippen molar-refractivity contribution in [3.63, 3.8) is 0 Å². The summed E-state index contributed by atoms with van der Waals surface area (Å²) in [6.45, 7) is 16.0. The molecule has 0 aromatic carbocycles. The zero-order chi connectivity index (χ0) is 15.3. The van der Waals surface area contributed by atoms with Gasteiger partial charge in [-0.05, 0) is 58.0 Å². The Morgan fingerprint density at radius 1 is 1.00 bits per heavy atom. The Morgan fingerprint density at radius 3 is 1.95 bits per heavy atom. The van der Waals surface area contributed by atoms with Crippen molar-refractivity contribution >= 4 is 9.84 Å². The standard InChI is InChI=1S/C15H33NO2S/c1-13(2)12-16-10-8-15(6,7)9-11-19(17,18)14(3,4)5/h13,16H,8-12H2,1-7H3. The fourth-order valence-electron chi connectivity index (χ4n) is 1.66. The zero-order valence-corrected chi connectivity index (χ0v) is 14.7. The van der Waals surface area contributed by atoms with Gasteiger partial charge < -0.3 is 5.32 Å². The van der Waals surface area contributed by atoms with Gasteiger partial charge in [-0.1, -0.05) is 27.7 Å². The van der Waals surface area contributed by atoms with Crippen LogP contribution in [0, 0.1) is 11.3 Å². The van der Waals surface area contributed by atoms with Crippen LogP contribution in [0.25, 0.3) is 0 Å². The molecule has 0 aromatic heterocycles. The van der Waals surface area contributed by atoms with Crippen molar-refractivity contribution in [1.29, 1.82) is 0 Å². The second-order valence-corrected chi connectivity index (χ2v) is 10.6. The van der Waals surface area contributed by atoms with Crippen molar-refractivity contribution in [3.8, 4) is 0 Å². The summed E-state index contributed by atoms with van der Waals surface area (Å²) in [5, 5.41) is 3.42. The van der Waals surface area contributed by atoms with Crippen molar-refractivity contribution in [2.75, 3.05) is 18.8 Å². The number of nitrogens with one attached hydrogen (secondary N) is 1. The maximum absolute atomic E-state index is 12.1. The molecule has 0 amide bonds. The van der Waals surface area contributed by atoms with Crippen LogP contribution in [0.15, 0.2) is 0 Å². The Balaban J connectivity index is 4.17. The fraction of sp³-hybridized carbons (Fsp3) is 1.00. The largest absolute Gasteiger partial charge is 0.316 e. The van der Waals surface area contributed by atoms with Gasteiger partial charge >= 0.3 is 0 Å². The molecule has 19 heavy (non-hydrogen) atoms. The van der Waals surface area contributed by atoms with Crippen LogP contribution >= 0.6 is 0 Å². The average molecular weight is 292 g/mol. The molecular formula is C15H33NO2S. The smallest absolute Gasteiger partial charge is 0.155 e. The SMILES string of the molecule is CC(C)CNCCC(C)(C)CCS(=O)(=O)C(C)(C)C. The number of sulfone groups is 1. The summed E-state index contributed by atoms with van der Waals surface area (Å²) >= 11 is 0. The predicted molar refractivity (Wildman–Crippen MR) is 84.3 cm³/mol. The van der Waals surface area contributed by atoms with Crippen LogP contribution in [0.2, 0.25) is 0 Å². The van der Waals surface area contributed by atoms with Crippen molar-refractivity contribution in [2.45, 2.75) is 66.1 Å². The maximum Gasteiger partial charge on any atom is 0.155 e. The summed E-state index contributed by atoms with van der Waals surface area (Å²) in [6.07, 6.45) is 1.75. The van der Waals surface area contributed by atoms with Crippen molar-refractivity contribution in [1.82, 2.24) is 5.32 Å². The van der Waals surface area contributed by atoms with Crippen LogP contribution in [0.5, 0.6) is 0 Å². The van der Waals surface area contributed by atoms with Crippen molar-refractivity contribution < 1.29 is 8.42 Å². The third kappa shape index (κ3) is 7.93. The van der Waals surface area contributed by atoms with E-state index in [9.17, 15) is 8.42 Å². The molecule has 4 heteroatoms. The van der Waals surface area contributed by atoms with E-state index in [1.54, 1.807) is 20.8 Å². The highest BCUT2D eigenvalue weighted by molar-refractivity contribution is 7.92. The molecule has 0 bridgehead atoms. The van der Waals surface area contributed by atoms with Gasteiger partial charge in [-0.3, -0.25) is 0 Å². The molecule has 0 heterocycles. The minimum absolute atomic E-state index is 0.0717. The van der Waals surface area contributed by atoms with Gasteiger partial charge in [-0.2, -0.15) is 0 Å². The average Bonchev–Trinajstić information content (AvgIpc) is 2.20. The number of hydrogen-bond donors (Lipinski definition) is 1. The van der Waals surface area contributed by atoms with Crippen molar-refractivity contribution in [3.05, 3.63) is 0 Å². The summed E-state index contributed by atoms with van der Waals surface area (Å²) in [6, 6.07) is 0. The van der Waals surface area contributed by atoms with Gasteiger partial charge in [0.15, 0.2) is 9.84 Å². The topological polar surface area (TPSA) is 46.2 Å². The summed E-state index contributed by atoms with van der Waals surface area (Å²) in [5.41, 5.74) is 0.0717. The molecular weight excluding hydrogens is 258 g/mol. The molecule has 0 rings (SSSR count). The second-order valence-electron chi connectivity index (χ2n) is 7.69. The van der Waals surface area contributed by atoms with Crippen LogP contribution in [0.1, 0.15) is 61.3 Å². The summed E-state index contributed by atoms with van der Waals surface area (Å²) < 4.78 is 23.6. The Kier molecular flexibility index (Phi) is 7.04. The number of rotatable bonds is 8. The van der Waals surface area contributed by atoms with Gasteiger partial charge in [-0.15, -0.1) is 0 Å². The van der Waals surface area contributed by atoms with E-state index in [0.717, 1.165) is 25.9 Å². The van der Waals surface area contributed by atoms with Crippen LogP contribution < -0.4 is 5.32 Å². The monoisotopic (exact) mass is 291 g/mol. The molecule has 0 atom stereocenters. The number of hydrogen-bond acceptors (Lipinski definition) is 3. The lowest BCUT2D eigenvalue weighted by atomic mass is 9.86. The van der Waals surface area contributed by atoms with Crippen LogP contribution in [-0.2, 0) is 9.84 Å². The third-order valence-corrected chi connectivity index (χ3v) is 6.12. The van der Waals surface area contributed by atoms with Gasteiger partial charge in [0.1, 0.15) is 0 Å². The predicted octanol–water partition coefficient (Wildman–Crippen LogP) is 3.25. The highest BCUT2D eigenvalue weighted by Crippen LogP contribution is 2.27. The quantitative estimate of drug-likeness (QED) is 0.698. The van der Waals surface area contributed by atoms with Crippen LogP contribution in [0.4, 0.5) is 0 Å². The Bertz CT molecular complexity index is 351. The zero-order valence-electron chi connectivity index (χ0n) is 13.8. The molecule has 0 aliphatic heterocycles. The maximum atomic E-state index is 12.1. The molecule has 0 radical (unpaired) electrons. The third-order valence-electron chi connectivity index (χ3n) is 3.51. The molecule has 0 aliphatic rings. The first kappa shape index (κ1) is 18.9. The van der Waals surface area contributed by atoms with Crippen molar-refractivity contribution in [2.24, 2.45) is 11.3 Å². The van der Waals surface area contributed by atoms with Crippen LogP contribution in [0.3, 0.4) is 0 Å². The molecule has 0 fully saturated rings. The van der Waals surface area contributed by atoms with E-state index in [1.807, 2.05) is 0 Å². The van der Waals surface area contributed by atoms with Gasteiger partial charge in [0.2, 0.25) is 0 Å². The summed E-state index contributed by atoms with van der Waals surface area (Å²) in [7, 11) is -3.00. The van der Waals surface area contributed by atoms with Crippen LogP contribution in [-0.4, -0.2) is 32.0 Å². The lowest BCUT2D eigenvalue weighted by Gasteiger charge is -2.27. The van der Waals surface area contributed by atoms with Gasteiger partial charge in [-0.25, -0.2) is 8.42 Å². The molecule has 0 aliphatic carbocycles. The molecule has 3 nitrogen and oxygen atoms in total. The van der Waals surface area contributed by atoms with E-state index in [1.165, 1.54) is 0 Å².